The average molecular weight is 415 g/mol. The Hall–Kier alpha value is -1.61. The van der Waals surface area contributed by atoms with Crippen molar-refractivity contribution in [1.82, 2.24) is 0 Å². The molecular formula is C23H27BrO2. The maximum absolute atomic E-state index is 12.3. The third-order valence-electron chi connectivity index (χ3n) is 5.81. The molecule has 2 aromatic carbocycles. The first kappa shape index (κ1) is 19.2. The van der Waals surface area contributed by atoms with Crippen LogP contribution in [0.1, 0.15) is 49.1 Å². The SMILES string of the molecule is O=C(O)C(C[C@H]1CC[C@H](CBr)CC1)C(c1ccccc1)c1ccccc1. The number of hydrogen-bond donors (Lipinski definition) is 1. The molecule has 0 radical (unpaired) electrons. The Balaban J connectivity index is 1.85. The molecule has 0 aliphatic heterocycles. The van der Waals surface area contributed by atoms with Gasteiger partial charge >= 0.3 is 5.97 Å². The summed E-state index contributed by atoms with van der Waals surface area (Å²) in [5, 5.41) is 11.2. The van der Waals surface area contributed by atoms with Crippen molar-refractivity contribution in [2.45, 2.75) is 38.0 Å². The highest BCUT2D eigenvalue weighted by Gasteiger charge is 2.34. The second-order valence-corrected chi connectivity index (χ2v) is 8.17. The Morgan fingerprint density at radius 2 is 1.35 bits per heavy atom. The molecule has 1 saturated carbocycles. The fourth-order valence-electron chi connectivity index (χ4n) is 4.34. The number of carboxylic acid groups (broad SMARTS) is 1. The van der Waals surface area contributed by atoms with Gasteiger partial charge in [-0.25, -0.2) is 0 Å². The molecule has 26 heavy (non-hydrogen) atoms. The minimum Gasteiger partial charge on any atom is -0.481 e. The number of aliphatic carboxylic acids is 1. The van der Waals surface area contributed by atoms with Gasteiger partial charge in [-0.15, -0.1) is 0 Å². The summed E-state index contributed by atoms with van der Waals surface area (Å²) in [7, 11) is 0. The first-order chi connectivity index (χ1) is 12.7. The minimum absolute atomic E-state index is 0.0937. The fraction of sp³-hybridized carbons (Fsp3) is 0.435. The van der Waals surface area contributed by atoms with Crippen LogP contribution in [0.5, 0.6) is 0 Å². The molecule has 0 spiro atoms. The van der Waals surface area contributed by atoms with Crippen LogP contribution in [-0.4, -0.2) is 16.4 Å². The number of rotatable bonds is 7. The van der Waals surface area contributed by atoms with Crippen LogP contribution >= 0.6 is 15.9 Å². The lowest BCUT2D eigenvalue weighted by Crippen LogP contribution is -2.27. The van der Waals surface area contributed by atoms with Crippen molar-refractivity contribution < 1.29 is 9.90 Å². The average Bonchev–Trinajstić information content (AvgIpc) is 2.69. The van der Waals surface area contributed by atoms with Crippen LogP contribution in [0.15, 0.2) is 60.7 Å². The van der Waals surface area contributed by atoms with Gasteiger partial charge in [-0.1, -0.05) is 89.4 Å². The lowest BCUT2D eigenvalue weighted by molar-refractivity contribution is -0.143. The van der Waals surface area contributed by atoms with Crippen LogP contribution in [0.3, 0.4) is 0 Å². The van der Waals surface area contributed by atoms with Gasteiger partial charge in [0.25, 0.3) is 0 Å². The molecule has 0 heterocycles. The molecule has 0 saturated heterocycles. The summed E-state index contributed by atoms with van der Waals surface area (Å²) in [6.07, 6.45) is 5.48. The third-order valence-corrected chi connectivity index (χ3v) is 6.72. The van der Waals surface area contributed by atoms with E-state index >= 15 is 0 Å². The monoisotopic (exact) mass is 414 g/mol. The molecule has 3 rings (SSSR count). The maximum atomic E-state index is 12.3. The van der Waals surface area contributed by atoms with Crippen LogP contribution < -0.4 is 0 Å². The van der Waals surface area contributed by atoms with Crippen LogP contribution in [-0.2, 0) is 4.79 Å². The lowest BCUT2D eigenvalue weighted by atomic mass is 9.72. The zero-order valence-corrected chi connectivity index (χ0v) is 16.6. The smallest absolute Gasteiger partial charge is 0.307 e. The molecule has 2 aromatic rings. The van der Waals surface area contributed by atoms with Gasteiger partial charge in [0.2, 0.25) is 0 Å². The molecule has 1 aliphatic rings. The maximum Gasteiger partial charge on any atom is 0.307 e. The number of halogens is 1. The van der Waals surface area contributed by atoms with Crippen molar-refractivity contribution in [3.8, 4) is 0 Å². The highest BCUT2D eigenvalue weighted by Crippen LogP contribution is 2.40. The fourth-order valence-corrected chi connectivity index (χ4v) is 4.99. The number of carbonyl (C=O) groups is 1. The van der Waals surface area contributed by atoms with Gasteiger partial charge in [-0.3, -0.25) is 4.79 Å². The molecule has 138 valence electrons. The van der Waals surface area contributed by atoms with E-state index in [1.165, 1.54) is 12.8 Å². The molecule has 3 heteroatoms. The Kier molecular flexibility index (Phi) is 6.90. The highest BCUT2D eigenvalue weighted by molar-refractivity contribution is 9.09. The number of alkyl halides is 1. The van der Waals surface area contributed by atoms with Crippen LogP contribution in [0.4, 0.5) is 0 Å². The quantitative estimate of drug-likeness (QED) is 0.554. The summed E-state index contributed by atoms with van der Waals surface area (Å²) in [6.45, 7) is 0. The van der Waals surface area contributed by atoms with Gasteiger partial charge in [0.1, 0.15) is 0 Å². The predicted molar refractivity (Wildman–Crippen MR) is 110 cm³/mol. The third kappa shape index (κ3) is 4.76. The summed E-state index contributed by atoms with van der Waals surface area (Å²) < 4.78 is 0. The second-order valence-electron chi connectivity index (χ2n) is 7.52. The molecule has 0 bridgehead atoms. The molecular weight excluding hydrogens is 388 g/mol. The number of benzene rings is 2. The number of hydrogen-bond acceptors (Lipinski definition) is 1. The first-order valence-corrected chi connectivity index (χ1v) is 10.7. The van der Waals surface area contributed by atoms with Gasteiger partial charge in [-0.05, 0) is 42.2 Å². The van der Waals surface area contributed by atoms with Crippen molar-refractivity contribution in [2.24, 2.45) is 17.8 Å². The molecule has 0 amide bonds. The van der Waals surface area contributed by atoms with Gasteiger partial charge in [0.15, 0.2) is 0 Å². The van der Waals surface area contributed by atoms with E-state index in [0.29, 0.717) is 5.92 Å². The van der Waals surface area contributed by atoms with E-state index in [1.807, 2.05) is 36.4 Å². The molecule has 1 atom stereocenters. The van der Waals surface area contributed by atoms with Gasteiger partial charge in [-0.2, -0.15) is 0 Å². The Morgan fingerprint density at radius 1 is 0.885 bits per heavy atom. The molecule has 1 fully saturated rings. The van der Waals surface area contributed by atoms with Crippen molar-refractivity contribution >= 4 is 21.9 Å². The van der Waals surface area contributed by atoms with E-state index in [1.54, 1.807) is 0 Å². The van der Waals surface area contributed by atoms with Crippen LogP contribution in [0, 0.1) is 17.8 Å². The first-order valence-electron chi connectivity index (χ1n) is 9.57. The highest BCUT2D eigenvalue weighted by atomic mass is 79.9. The van der Waals surface area contributed by atoms with Crippen LogP contribution in [0.25, 0.3) is 0 Å². The Morgan fingerprint density at radius 3 is 1.77 bits per heavy atom. The van der Waals surface area contributed by atoms with E-state index in [9.17, 15) is 9.90 Å². The summed E-state index contributed by atoms with van der Waals surface area (Å²) in [5.74, 6) is 0.120. The van der Waals surface area contributed by atoms with E-state index in [0.717, 1.165) is 41.6 Å². The summed E-state index contributed by atoms with van der Waals surface area (Å²) in [6, 6.07) is 20.3. The summed E-state index contributed by atoms with van der Waals surface area (Å²) in [5.41, 5.74) is 2.19. The Labute approximate surface area is 164 Å². The molecule has 1 aliphatic carbocycles. The van der Waals surface area contributed by atoms with E-state index in [-0.39, 0.29) is 11.8 Å². The van der Waals surface area contributed by atoms with Gasteiger partial charge in [0.05, 0.1) is 5.92 Å². The van der Waals surface area contributed by atoms with E-state index in [4.69, 9.17) is 0 Å². The van der Waals surface area contributed by atoms with E-state index in [2.05, 4.69) is 40.2 Å². The number of carboxylic acids is 1. The van der Waals surface area contributed by atoms with Gasteiger partial charge in [0, 0.05) is 11.2 Å². The van der Waals surface area contributed by atoms with Crippen molar-refractivity contribution in [3.05, 3.63) is 71.8 Å². The molecule has 0 aromatic heterocycles. The predicted octanol–water partition coefficient (Wildman–Crippen LogP) is 6.11. The summed E-state index contributed by atoms with van der Waals surface area (Å²) in [4.78, 5) is 12.3. The summed E-state index contributed by atoms with van der Waals surface area (Å²) >= 11 is 3.60. The van der Waals surface area contributed by atoms with Crippen molar-refractivity contribution in [1.29, 1.82) is 0 Å². The zero-order valence-electron chi connectivity index (χ0n) is 15.1. The Bertz CT molecular complexity index is 638. The molecule has 1 N–H and O–H groups in total. The van der Waals surface area contributed by atoms with Crippen LogP contribution in [0.2, 0.25) is 0 Å². The van der Waals surface area contributed by atoms with Gasteiger partial charge < -0.3 is 5.11 Å². The minimum atomic E-state index is -0.676. The molecule has 2 nitrogen and oxygen atoms in total. The lowest BCUT2D eigenvalue weighted by Gasteiger charge is -2.32. The normalized spacial score (nSPS) is 21.5. The molecule has 1 unspecified atom stereocenters. The van der Waals surface area contributed by atoms with E-state index < -0.39 is 5.97 Å². The topological polar surface area (TPSA) is 37.3 Å². The zero-order chi connectivity index (χ0) is 18.4. The van der Waals surface area contributed by atoms with Crippen molar-refractivity contribution in [3.63, 3.8) is 0 Å². The standard InChI is InChI=1S/C23H27BrO2/c24-16-18-13-11-17(12-14-18)15-21(23(25)26)22(19-7-3-1-4-8-19)20-9-5-2-6-10-20/h1-10,17-18,21-22H,11-16H2,(H,25,26)/t17-,18-,21?. The largest absolute Gasteiger partial charge is 0.481 e. The van der Waals surface area contributed by atoms with Crippen molar-refractivity contribution in [2.75, 3.05) is 5.33 Å². The second kappa shape index (κ2) is 9.36.